The van der Waals surface area contributed by atoms with Gasteiger partial charge in [0.05, 0.1) is 12.7 Å². The molecule has 0 heterocycles. The molecule has 0 bridgehead atoms. The van der Waals surface area contributed by atoms with E-state index in [-0.39, 0.29) is 6.61 Å². The summed E-state index contributed by atoms with van der Waals surface area (Å²) in [5.41, 5.74) is -0.738. The van der Waals surface area contributed by atoms with Crippen LogP contribution in [-0.4, -0.2) is 31.1 Å². The number of hydrogen-bond acceptors (Lipinski definition) is 5. The molecule has 118 valence electrons. The smallest absolute Gasteiger partial charge is 0.331 e. The molecule has 1 atom stereocenters. The summed E-state index contributed by atoms with van der Waals surface area (Å²) in [5, 5.41) is 11.6. The minimum Gasteiger partial charge on any atom is -0.482 e. The van der Waals surface area contributed by atoms with E-state index in [0.29, 0.717) is 24.2 Å². The number of nitrogens with zero attached hydrogens (tertiary/aromatic N) is 1. The van der Waals surface area contributed by atoms with Crippen molar-refractivity contribution >= 4 is 11.9 Å². The van der Waals surface area contributed by atoms with Crippen molar-refractivity contribution in [2.24, 2.45) is 0 Å². The Kier molecular flexibility index (Phi) is 6.39. The molecule has 1 rings (SSSR count). The zero-order valence-corrected chi connectivity index (χ0v) is 13.0. The maximum absolute atomic E-state index is 12.0. The number of hydrogen-bond donors (Lipinski definition) is 1. The van der Waals surface area contributed by atoms with Gasteiger partial charge in [0.25, 0.3) is 5.91 Å². The first-order valence-corrected chi connectivity index (χ1v) is 6.98. The Morgan fingerprint density at radius 2 is 2.05 bits per heavy atom. The molecule has 0 spiro atoms. The summed E-state index contributed by atoms with van der Waals surface area (Å²) < 4.78 is 10.1. The van der Waals surface area contributed by atoms with Gasteiger partial charge in [0.1, 0.15) is 17.4 Å². The summed E-state index contributed by atoms with van der Waals surface area (Å²) in [7, 11) is 1.28. The van der Waals surface area contributed by atoms with Crippen LogP contribution in [0, 0.1) is 11.3 Å². The maximum Gasteiger partial charge on any atom is 0.331 e. The third-order valence-corrected chi connectivity index (χ3v) is 3.17. The van der Waals surface area contributed by atoms with Gasteiger partial charge in [-0.25, -0.2) is 4.79 Å². The fourth-order valence-electron chi connectivity index (χ4n) is 2.11. The lowest BCUT2D eigenvalue weighted by atomic mass is 9.96. The predicted octanol–water partition coefficient (Wildman–Crippen LogP) is 1.79. The highest BCUT2D eigenvalue weighted by molar-refractivity contribution is 5.88. The molecule has 0 saturated heterocycles. The van der Waals surface area contributed by atoms with Crippen molar-refractivity contribution < 1.29 is 19.1 Å². The quantitative estimate of drug-likeness (QED) is 0.776. The van der Waals surface area contributed by atoms with E-state index in [0.717, 1.165) is 0 Å². The van der Waals surface area contributed by atoms with E-state index in [2.05, 4.69) is 5.32 Å². The number of para-hydroxylation sites is 1. The fraction of sp³-hybridized carbons (Fsp3) is 0.438. The van der Waals surface area contributed by atoms with Gasteiger partial charge in [0.15, 0.2) is 6.61 Å². The third-order valence-electron chi connectivity index (χ3n) is 3.17. The molecule has 1 N–H and O–H groups in total. The van der Waals surface area contributed by atoms with E-state index >= 15 is 0 Å². The van der Waals surface area contributed by atoms with Gasteiger partial charge in [-0.05, 0) is 25.5 Å². The topological polar surface area (TPSA) is 88.4 Å². The molecule has 0 aromatic heterocycles. The number of amides is 1. The first-order valence-electron chi connectivity index (χ1n) is 6.98. The minimum atomic E-state index is -1.08. The highest BCUT2D eigenvalue weighted by Gasteiger charge is 2.35. The summed E-state index contributed by atoms with van der Waals surface area (Å²) in [6, 6.07) is 8.61. The highest BCUT2D eigenvalue weighted by atomic mass is 16.5. The standard InChI is InChI=1S/C16H20N2O4/c1-4-9-16(2,15(20)21-3)18-14(19)11-22-13-8-6-5-7-12(13)10-17/h5-8H,4,9,11H2,1-3H3,(H,18,19). The molecule has 0 aliphatic heterocycles. The van der Waals surface area contributed by atoms with Crippen LogP contribution in [0.2, 0.25) is 0 Å². The number of methoxy groups -OCH3 is 1. The van der Waals surface area contributed by atoms with Gasteiger partial charge in [0.2, 0.25) is 0 Å². The van der Waals surface area contributed by atoms with Gasteiger partial charge in [-0.3, -0.25) is 4.79 Å². The summed E-state index contributed by atoms with van der Waals surface area (Å²) in [6.07, 6.45) is 1.17. The molecular formula is C16H20N2O4. The van der Waals surface area contributed by atoms with Crippen LogP contribution in [0.15, 0.2) is 24.3 Å². The van der Waals surface area contributed by atoms with Crippen molar-refractivity contribution in [2.45, 2.75) is 32.2 Å². The molecule has 1 unspecified atom stereocenters. The number of rotatable bonds is 7. The fourth-order valence-corrected chi connectivity index (χ4v) is 2.11. The van der Waals surface area contributed by atoms with Crippen molar-refractivity contribution in [3.63, 3.8) is 0 Å². The monoisotopic (exact) mass is 304 g/mol. The van der Waals surface area contributed by atoms with Crippen molar-refractivity contribution in [1.82, 2.24) is 5.32 Å². The van der Waals surface area contributed by atoms with Gasteiger partial charge >= 0.3 is 5.97 Å². The SMILES string of the molecule is CCCC(C)(NC(=O)COc1ccccc1C#N)C(=O)OC. The Morgan fingerprint density at radius 1 is 1.36 bits per heavy atom. The van der Waals surface area contributed by atoms with E-state index in [4.69, 9.17) is 14.7 Å². The molecule has 0 aliphatic rings. The molecule has 1 aromatic rings. The second-order valence-electron chi connectivity index (χ2n) is 5.02. The molecule has 6 nitrogen and oxygen atoms in total. The number of esters is 1. The maximum atomic E-state index is 12.0. The van der Waals surface area contributed by atoms with Crippen LogP contribution in [0.1, 0.15) is 32.3 Å². The molecule has 22 heavy (non-hydrogen) atoms. The summed E-state index contributed by atoms with van der Waals surface area (Å²) in [4.78, 5) is 23.8. The molecule has 0 aliphatic carbocycles. The van der Waals surface area contributed by atoms with Crippen molar-refractivity contribution in [3.05, 3.63) is 29.8 Å². The van der Waals surface area contributed by atoms with Gasteiger partial charge in [-0.15, -0.1) is 0 Å². The Morgan fingerprint density at radius 3 is 2.64 bits per heavy atom. The molecular weight excluding hydrogens is 284 g/mol. The number of carbonyl (C=O) groups excluding carboxylic acids is 2. The van der Waals surface area contributed by atoms with Crippen molar-refractivity contribution in [3.8, 4) is 11.8 Å². The summed E-state index contributed by atoms with van der Waals surface area (Å²) in [5.74, 6) is -0.621. The van der Waals surface area contributed by atoms with E-state index in [1.165, 1.54) is 7.11 Å². The van der Waals surface area contributed by atoms with E-state index in [1.807, 2.05) is 13.0 Å². The average Bonchev–Trinajstić information content (AvgIpc) is 2.52. The number of ether oxygens (including phenoxy) is 2. The second kappa shape index (κ2) is 8.03. The van der Waals surface area contributed by atoms with E-state index in [1.54, 1.807) is 31.2 Å². The molecule has 0 radical (unpaired) electrons. The second-order valence-corrected chi connectivity index (χ2v) is 5.02. The number of carbonyl (C=O) groups is 2. The summed E-state index contributed by atoms with van der Waals surface area (Å²) >= 11 is 0. The largest absolute Gasteiger partial charge is 0.482 e. The molecule has 1 aromatic carbocycles. The number of nitrogens with one attached hydrogen (secondary N) is 1. The molecule has 0 saturated carbocycles. The molecule has 1 amide bonds. The van der Waals surface area contributed by atoms with Crippen LogP contribution in [0.25, 0.3) is 0 Å². The normalized spacial score (nSPS) is 12.6. The summed E-state index contributed by atoms with van der Waals surface area (Å²) in [6.45, 7) is 3.24. The van der Waals surface area contributed by atoms with Crippen molar-refractivity contribution in [1.29, 1.82) is 5.26 Å². The van der Waals surface area contributed by atoms with E-state index in [9.17, 15) is 9.59 Å². The minimum absolute atomic E-state index is 0.283. The van der Waals surface area contributed by atoms with Crippen LogP contribution >= 0.6 is 0 Å². The lowest BCUT2D eigenvalue weighted by Crippen LogP contribution is -2.53. The van der Waals surface area contributed by atoms with Gasteiger partial charge in [-0.2, -0.15) is 5.26 Å². The Bertz CT molecular complexity index is 580. The van der Waals surface area contributed by atoms with Gasteiger partial charge in [0, 0.05) is 0 Å². The van der Waals surface area contributed by atoms with Crippen molar-refractivity contribution in [2.75, 3.05) is 13.7 Å². The van der Waals surface area contributed by atoms with Crippen LogP contribution in [0.5, 0.6) is 5.75 Å². The molecule has 0 fully saturated rings. The predicted molar refractivity (Wildman–Crippen MR) is 80.1 cm³/mol. The van der Waals surface area contributed by atoms with Crippen LogP contribution in [0.4, 0.5) is 0 Å². The van der Waals surface area contributed by atoms with Gasteiger partial charge in [-0.1, -0.05) is 25.5 Å². The third kappa shape index (κ3) is 4.48. The van der Waals surface area contributed by atoms with Crippen LogP contribution < -0.4 is 10.1 Å². The van der Waals surface area contributed by atoms with Gasteiger partial charge < -0.3 is 14.8 Å². The first-order chi connectivity index (χ1) is 10.5. The number of nitriles is 1. The lowest BCUT2D eigenvalue weighted by Gasteiger charge is -2.27. The lowest BCUT2D eigenvalue weighted by molar-refractivity contribution is -0.150. The highest BCUT2D eigenvalue weighted by Crippen LogP contribution is 2.17. The van der Waals surface area contributed by atoms with E-state index < -0.39 is 17.4 Å². The Hall–Kier alpha value is -2.55. The van der Waals surface area contributed by atoms with Crippen LogP contribution in [-0.2, 0) is 14.3 Å². The Balaban J connectivity index is 2.69. The van der Waals surface area contributed by atoms with Crippen LogP contribution in [0.3, 0.4) is 0 Å². The zero-order valence-electron chi connectivity index (χ0n) is 13.0. The first kappa shape index (κ1) is 17.5. The zero-order chi connectivity index (χ0) is 16.6. The number of benzene rings is 1. The average molecular weight is 304 g/mol. The molecule has 6 heteroatoms. The Labute approximate surface area is 130 Å².